The van der Waals surface area contributed by atoms with E-state index in [9.17, 15) is 34.5 Å². The van der Waals surface area contributed by atoms with Crippen molar-refractivity contribution in [3.63, 3.8) is 0 Å². The van der Waals surface area contributed by atoms with Gasteiger partial charge in [0.15, 0.2) is 0 Å². The molecule has 0 bridgehead atoms. The third-order valence-corrected chi connectivity index (χ3v) is 10.7. The van der Waals surface area contributed by atoms with Crippen molar-refractivity contribution in [2.75, 3.05) is 12.3 Å². The van der Waals surface area contributed by atoms with Gasteiger partial charge in [-0.2, -0.15) is 11.8 Å². The topological polar surface area (TPSA) is 207 Å². The summed E-state index contributed by atoms with van der Waals surface area (Å²) >= 11 is 1.83. The molecule has 4 aliphatic rings. The maximum absolute atomic E-state index is 12.6. The molecule has 2 fully saturated rings. The van der Waals surface area contributed by atoms with E-state index in [2.05, 4.69) is 20.9 Å². The lowest BCUT2D eigenvalue weighted by Crippen LogP contribution is -2.49. The van der Waals surface area contributed by atoms with Crippen LogP contribution in [0.4, 0.5) is 0 Å². The summed E-state index contributed by atoms with van der Waals surface area (Å²) in [6.45, 7) is 7.81. The number of aromatic nitrogens is 1. The number of allylic oxidation sites excluding steroid dienone is 2. The van der Waals surface area contributed by atoms with E-state index in [0.717, 1.165) is 45.0 Å². The molecule has 0 saturated carbocycles. The highest BCUT2D eigenvalue weighted by Crippen LogP contribution is 2.46. The average Bonchev–Trinajstić information content (AvgIpc) is 3.56. The number of aliphatic hydroxyl groups excluding tert-OH is 1. The van der Waals surface area contributed by atoms with Crippen LogP contribution < -0.4 is 21.7 Å². The lowest BCUT2D eigenvalue weighted by atomic mass is 9.91. The average molecular weight is 654 g/mol. The molecular weight excluding hydrogens is 610 g/mol. The number of carboxylic acid groups (broad SMARTS) is 2. The van der Waals surface area contributed by atoms with Crippen molar-refractivity contribution in [3.05, 3.63) is 56.2 Å². The highest BCUT2D eigenvalue weighted by atomic mass is 32.2. The number of carboxylic acids is 2. The second kappa shape index (κ2) is 13.5. The summed E-state index contributed by atoms with van der Waals surface area (Å²) in [5, 5.41) is 40.2. The smallest absolute Gasteiger partial charge is 0.303 e. The van der Waals surface area contributed by atoms with E-state index in [1.165, 1.54) is 0 Å². The molecule has 5 heterocycles. The van der Waals surface area contributed by atoms with Gasteiger partial charge in [-0.3, -0.25) is 19.2 Å². The fourth-order valence-electron chi connectivity index (χ4n) is 6.98. The summed E-state index contributed by atoms with van der Waals surface area (Å²) in [6, 6.07) is -1.25. The third kappa shape index (κ3) is 6.67. The lowest BCUT2D eigenvalue weighted by Gasteiger charge is -2.27. The SMILES string of the molecule is CC1=C(CCC(=O)O)/C(=C/c2[nH]c(/C=C3\NC(=O)[C@H](C)[C@H]3[C@H]3CS3)c(C)c2CCC(=O)O)NC1[C@@H](O)[C@H]1NC(=O)C(CCN)=C1C. The molecule has 12 nitrogen and oxygen atoms in total. The molecule has 9 N–H and O–H groups in total. The zero-order valence-electron chi connectivity index (χ0n) is 26.5. The van der Waals surface area contributed by atoms with Crippen molar-refractivity contribution in [3.8, 4) is 0 Å². The van der Waals surface area contributed by atoms with Gasteiger partial charge in [0.1, 0.15) is 6.10 Å². The number of nitrogens with one attached hydrogen (secondary N) is 4. The van der Waals surface area contributed by atoms with Gasteiger partial charge in [-0.05, 0) is 86.6 Å². The Hall–Kier alpha value is -3.81. The molecule has 4 aliphatic heterocycles. The van der Waals surface area contributed by atoms with Crippen LogP contribution in [0.5, 0.6) is 0 Å². The van der Waals surface area contributed by atoms with Gasteiger partial charge in [-0.1, -0.05) is 6.92 Å². The zero-order valence-corrected chi connectivity index (χ0v) is 27.3. The molecule has 0 aromatic carbocycles. The monoisotopic (exact) mass is 653 g/mol. The minimum atomic E-state index is -1.05. The molecule has 2 saturated heterocycles. The number of aliphatic hydroxyl groups is 1. The van der Waals surface area contributed by atoms with Crippen LogP contribution in [0.15, 0.2) is 33.7 Å². The van der Waals surface area contributed by atoms with E-state index in [1.807, 2.05) is 44.7 Å². The second-order valence-corrected chi connectivity index (χ2v) is 13.9. The van der Waals surface area contributed by atoms with Crippen LogP contribution in [0.2, 0.25) is 0 Å². The number of thioether (sulfide) groups is 1. The quantitative estimate of drug-likeness (QED) is 0.146. The van der Waals surface area contributed by atoms with Gasteiger partial charge in [0.2, 0.25) is 11.8 Å². The number of hydrogen-bond acceptors (Lipinski definition) is 8. The summed E-state index contributed by atoms with van der Waals surface area (Å²) in [5.41, 5.74) is 13.0. The predicted octanol–water partition coefficient (Wildman–Crippen LogP) is 2.20. The molecule has 5 rings (SSSR count). The molecule has 46 heavy (non-hydrogen) atoms. The largest absolute Gasteiger partial charge is 0.481 e. The molecule has 13 heteroatoms. The number of aromatic amines is 1. The van der Waals surface area contributed by atoms with Crippen molar-refractivity contribution in [2.45, 2.75) is 83.2 Å². The van der Waals surface area contributed by atoms with Gasteiger partial charge >= 0.3 is 11.9 Å². The van der Waals surface area contributed by atoms with Crippen LogP contribution >= 0.6 is 11.8 Å². The lowest BCUT2D eigenvalue weighted by molar-refractivity contribution is -0.138. The first-order chi connectivity index (χ1) is 21.8. The van der Waals surface area contributed by atoms with Crippen LogP contribution in [-0.2, 0) is 25.6 Å². The van der Waals surface area contributed by atoms with Crippen molar-refractivity contribution in [1.29, 1.82) is 0 Å². The molecule has 0 spiro atoms. The van der Waals surface area contributed by atoms with E-state index in [4.69, 9.17) is 5.73 Å². The van der Waals surface area contributed by atoms with Crippen molar-refractivity contribution in [1.82, 2.24) is 20.9 Å². The summed E-state index contributed by atoms with van der Waals surface area (Å²) < 4.78 is 0. The first-order valence-electron chi connectivity index (χ1n) is 15.7. The number of hydrogen-bond donors (Lipinski definition) is 8. The van der Waals surface area contributed by atoms with Crippen LogP contribution in [0, 0.1) is 18.8 Å². The number of nitrogens with two attached hydrogens (primary N) is 1. The van der Waals surface area contributed by atoms with Gasteiger partial charge in [-0.15, -0.1) is 0 Å². The minimum Gasteiger partial charge on any atom is -0.481 e. The van der Waals surface area contributed by atoms with Crippen LogP contribution in [0.25, 0.3) is 12.2 Å². The van der Waals surface area contributed by atoms with Gasteiger partial charge in [0, 0.05) is 64.0 Å². The molecular formula is C33H43N5O7S. The van der Waals surface area contributed by atoms with E-state index in [0.29, 0.717) is 35.2 Å². The fourth-order valence-corrected chi connectivity index (χ4v) is 7.89. The summed E-state index contributed by atoms with van der Waals surface area (Å²) in [7, 11) is 0. The Balaban J connectivity index is 1.53. The molecule has 248 valence electrons. The van der Waals surface area contributed by atoms with Crippen LogP contribution in [-0.4, -0.2) is 79.8 Å². The summed E-state index contributed by atoms with van der Waals surface area (Å²) in [6.07, 6.45) is 3.39. The highest BCUT2D eigenvalue weighted by molar-refractivity contribution is 8.06. The first-order valence-corrected chi connectivity index (χ1v) is 16.7. The Morgan fingerprint density at radius 3 is 2.22 bits per heavy atom. The standard InChI is InChI=1S/C33H43N5O7S/c1-14-18(5-7-26(39)40)22(35-21(14)11-24-28(25-13-46-25)17(4)32(44)37-24)12-23-19(6-8-27(41)42)15(2)29(36-23)31(43)30-16(3)20(9-10-34)33(45)38-30/h11-12,17,25,28-31,35-36,43H,5-10,13,34H2,1-4H3,(H,37,44)(H,38,45)(H,39,40)(H,41,42)/b23-12-,24-11-/t17-,25-,28-,29?,30+,31-/m1/s1. The number of amides is 2. The Morgan fingerprint density at radius 2 is 1.59 bits per heavy atom. The van der Waals surface area contributed by atoms with Crippen molar-refractivity contribution >= 4 is 47.7 Å². The van der Waals surface area contributed by atoms with Crippen LogP contribution in [0.1, 0.15) is 69.0 Å². The number of rotatable bonds is 13. The minimum absolute atomic E-state index is 0.0106. The van der Waals surface area contributed by atoms with Crippen molar-refractivity contribution in [2.24, 2.45) is 17.6 Å². The Morgan fingerprint density at radius 1 is 0.957 bits per heavy atom. The van der Waals surface area contributed by atoms with E-state index < -0.39 is 30.1 Å². The van der Waals surface area contributed by atoms with Crippen LogP contribution in [0.3, 0.4) is 0 Å². The predicted molar refractivity (Wildman–Crippen MR) is 175 cm³/mol. The van der Waals surface area contributed by atoms with Gasteiger partial charge < -0.3 is 42.0 Å². The van der Waals surface area contributed by atoms with Gasteiger partial charge in [0.05, 0.1) is 12.1 Å². The Bertz CT molecular complexity index is 1580. The maximum atomic E-state index is 12.6. The number of aliphatic carboxylic acids is 2. The molecule has 1 aromatic rings. The van der Waals surface area contributed by atoms with Gasteiger partial charge in [-0.25, -0.2) is 0 Å². The molecule has 2 amide bonds. The number of H-pyrrole nitrogens is 1. The van der Waals surface area contributed by atoms with E-state index >= 15 is 0 Å². The van der Waals surface area contributed by atoms with Crippen molar-refractivity contribution < 1.29 is 34.5 Å². The molecule has 6 atom stereocenters. The maximum Gasteiger partial charge on any atom is 0.303 e. The fraction of sp³-hybridized carbons (Fsp3) is 0.515. The summed E-state index contributed by atoms with van der Waals surface area (Å²) in [4.78, 5) is 51.8. The highest BCUT2D eigenvalue weighted by Gasteiger charge is 2.45. The van der Waals surface area contributed by atoms with E-state index in [-0.39, 0.29) is 49.3 Å². The molecule has 0 radical (unpaired) electrons. The first kappa shape index (κ1) is 33.6. The number of carbonyl (C=O) groups is 4. The normalized spacial score (nSPS) is 28.3. The number of carbonyl (C=O) groups excluding carboxylic acids is 2. The molecule has 1 aromatic heterocycles. The summed E-state index contributed by atoms with van der Waals surface area (Å²) in [5.74, 6) is -1.21. The third-order valence-electron chi connectivity index (χ3n) is 9.72. The van der Waals surface area contributed by atoms with Gasteiger partial charge in [0.25, 0.3) is 0 Å². The van der Waals surface area contributed by atoms with E-state index in [1.54, 1.807) is 6.92 Å². The molecule has 0 aliphatic carbocycles. The Kier molecular flexibility index (Phi) is 9.85. The zero-order chi connectivity index (χ0) is 33.4. The molecule has 1 unspecified atom stereocenters. The Labute approximate surface area is 272 Å². The second-order valence-electron chi connectivity index (χ2n) is 12.6.